The van der Waals surface area contributed by atoms with Crippen LogP contribution in [0.1, 0.15) is 26.5 Å². The summed E-state index contributed by atoms with van der Waals surface area (Å²) in [5.74, 6) is -0.0363. The number of nitrogens with zero attached hydrogens (tertiary/aromatic N) is 2. The van der Waals surface area contributed by atoms with Gasteiger partial charge in [-0.3, -0.25) is 4.79 Å². The molecule has 1 fully saturated rings. The maximum Gasteiger partial charge on any atom is 0.273 e. The number of hydrogen-bond acceptors (Lipinski definition) is 6. The number of carbonyl (C=O) groups excluding carboxylic acids is 1. The van der Waals surface area contributed by atoms with Crippen molar-refractivity contribution < 1.29 is 9.53 Å². The van der Waals surface area contributed by atoms with E-state index in [1.54, 1.807) is 16.7 Å². The first kappa shape index (κ1) is 16.4. The summed E-state index contributed by atoms with van der Waals surface area (Å²) in [6.07, 6.45) is -0.0275. The van der Waals surface area contributed by atoms with Gasteiger partial charge in [0.1, 0.15) is 16.8 Å². The SMILES string of the molecule is Cl.NCc1nc(C(=O)N2CCOC(c3cccs3)C2)cs1. The zero-order valence-electron chi connectivity index (χ0n) is 11.2. The Balaban J connectivity index is 0.00000161. The van der Waals surface area contributed by atoms with Gasteiger partial charge in [-0.05, 0) is 11.4 Å². The number of hydrogen-bond donors (Lipinski definition) is 1. The molecule has 1 aliphatic rings. The van der Waals surface area contributed by atoms with Gasteiger partial charge in [-0.2, -0.15) is 0 Å². The molecule has 3 heterocycles. The third-order valence-electron chi connectivity index (χ3n) is 3.16. The number of carbonyl (C=O) groups is 1. The molecule has 0 aromatic carbocycles. The van der Waals surface area contributed by atoms with Crippen LogP contribution in [0.3, 0.4) is 0 Å². The van der Waals surface area contributed by atoms with Crippen LogP contribution in [0.5, 0.6) is 0 Å². The first-order valence-corrected chi connectivity index (χ1v) is 8.12. The Labute approximate surface area is 137 Å². The van der Waals surface area contributed by atoms with Crippen LogP contribution in [-0.2, 0) is 11.3 Å². The topological polar surface area (TPSA) is 68.5 Å². The van der Waals surface area contributed by atoms with Gasteiger partial charge in [0, 0.05) is 23.3 Å². The van der Waals surface area contributed by atoms with E-state index in [0.717, 1.165) is 9.88 Å². The number of amides is 1. The Morgan fingerprint density at radius 1 is 1.52 bits per heavy atom. The molecule has 114 valence electrons. The maximum absolute atomic E-state index is 12.4. The minimum absolute atomic E-state index is 0. The van der Waals surface area contributed by atoms with Crippen LogP contribution in [0.25, 0.3) is 0 Å². The number of morpholine rings is 1. The lowest BCUT2D eigenvalue weighted by molar-refractivity contribution is -0.0213. The van der Waals surface area contributed by atoms with Gasteiger partial charge in [0.15, 0.2) is 0 Å². The lowest BCUT2D eigenvalue weighted by Crippen LogP contribution is -2.42. The van der Waals surface area contributed by atoms with E-state index < -0.39 is 0 Å². The summed E-state index contributed by atoms with van der Waals surface area (Å²) in [4.78, 5) is 19.6. The van der Waals surface area contributed by atoms with Gasteiger partial charge in [-0.1, -0.05) is 6.07 Å². The molecule has 0 saturated carbocycles. The quantitative estimate of drug-likeness (QED) is 0.926. The van der Waals surface area contributed by atoms with Crippen molar-refractivity contribution in [3.63, 3.8) is 0 Å². The predicted octanol–water partition coefficient (Wildman–Crippen LogP) is 2.30. The van der Waals surface area contributed by atoms with E-state index in [-0.39, 0.29) is 24.4 Å². The van der Waals surface area contributed by atoms with Crippen molar-refractivity contribution in [1.82, 2.24) is 9.88 Å². The molecule has 1 saturated heterocycles. The second-order valence-electron chi connectivity index (χ2n) is 4.46. The molecule has 3 rings (SSSR count). The van der Waals surface area contributed by atoms with E-state index in [1.807, 2.05) is 22.4 Å². The molecule has 0 radical (unpaired) electrons. The highest BCUT2D eigenvalue weighted by Crippen LogP contribution is 2.26. The third-order valence-corrected chi connectivity index (χ3v) is 5.00. The van der Waals surface area contributed by atoms with Crippen LogP contribution in [-0.4, -0.2) is 35.5 Å². The van der Waals surface area contributed by atoms with Gasteiger partial charge in [0.05, 0.1) is 13.2 Å². The van der Waals surface area contributed by atoms with E-state index in [1.165, 1.54) is 11.3 Å². The normalized spacial score (nSPS) is 18.3. The van der Waals surface area contributed by atoms with Crippen molar-refractivity contribution >= 4 is 41.0 Å². The molecule has 1 amide bonds. The fourth-order valence-electron chi connectivity index (χ4n) is 2.15. The maximum atomic E-state index is 12.4. The summed E-state index contributed by atoms with van der Waals surface area (Å²) in [7, 11) is 0. The molecule has 5 nitrogen and oxygen atoms in total. The minimum atomic E-state index is -0.0363. The first-order chi connectivity index (χ1) is 9.78. The Morgan fingerprint density at radius 3 is 3.05 bits per heavy atom. The third kappa shape index (κ3) is 3.61. The summed E-state index contributed by atoms with van der Waals surface area (Å²) in [6.45, 7) is 2.12. The highest BCUT2D eigenvalue weighted by Gasteiger charge is 2.27. The fraction of sp³-hybridized carbons (Fsp3) is 0.385. The molecule has 1 unspecified atom stereocenters. The molecule has 2 aromatic rings. The standard InChI is InChI=1S/C13H15N3O2S2.ClH/c14-6-12-15-9(8-20-12)13(17)16-3-4-18-10(7-16)11-2-1-5-19-11;/h1-2,5,8,10H,3-4,6-7,14H2;1H. The Bertz CT molecular complexity index is 588. The number of thiazole rings is 1. The van der Waals surface area contributed by atoms with Gasteiger partial charge in [0.25, 0.3) is 5.91 Å². The lowest BCUT2D eigenvalue weighted by Gasteiger charge is -2.32. The molecular formula is C13H16ClN3O2S2. The highest BCUT2D eigenvalue weighted by molar-refractivity contribution is 7.10. The number of aromatic nitrogens is 1. The molecule has 21 heavy (non-hydrogen) atoms. The molecule has 8 heteroatoms. The monoisotopic (exact) mass is 345 g/mol. The average Bonchev–Trinajstić information content (AvgIpc) is 3.17. The minimum Gasteiger partial charge on any atom is -0.369 e. The van der Waals surface area contributed by atoms with Crippen molar-refractivity contribution in [3.8, 4) is 0 Å². The van der Waals surface area contributed by atoms with E-state index in [9.17, 15) is 4.79 Å². The number of rotatable bonds is 3. The van der Waals surface area contributed by atoms with Crippen LogP contribution >= 0.6 is 35.1 Å². The van der Waals surface area contributed by atoms with E-state index in [4.69, 9.17) is 10.5 Å². The van der Waals surface area contributed by atoms with Crippen molar-refractivity contribution in [2.24, 2.45) is 5.73 Å². The Morgan fingerprint density at radius 2 is 2.38 bits per heavy atom. The van der Waals surface area contributed by atoms with Gasteiger partial charge >= 0.3 is 0 Å². The van der Waals surface area contributed by atoms with Crippen LogP contribution in [0.15, 0.2) is 22.9 Å². The van der Waals surface area contributed by atoms with Gasteiger partial charge in [-0.25, -0.2) is 4.98 Å². The Hall–Kier alpha value is -0.990. The van der Waals surface area contributed by atoms with Crippen LogP contribution < -0.4 is 5.73 Å². The van der Waals surface area contributed by atoms with Crippen molar-refractivity contribution in [1.29, 1.82) is 0 Å². The molecule has 1 aliphatic heterocycles. The summed E-state index contributed by atoms with van der Waals surface area (Å²) in [5.41, 5.74) is 6.02. The van der Waals surface area contributed by atoms with Gasteiger partial charge < -0.3 is 15.4 Å². The summed E-state index contributed by atoms with van der Waals surface area (Å²) in [5, 5.41) is 4.59. The van der Waals surface area contributed by atoms with Gasteiger partial charge in [0.2, 0.25) is 0 Å². The second-order valence-corrected chi connectivity index (χ2v) is 6.38. The zero-order valence-corrected chi connectivity index (χ0v) is 13.7. The van der Waals surface area contributed by atoms with Crippen LogP contribution in [0.4, 0.5) is 0 Å². The number of nitrogens with two attached hydrogens (primary N) is 1. The first-order valence-electron chi connectivity index (χ1n) is 6.36. The van der Waals surface area contributed by atoms with Crippen molar-refractivity contribution in [2.75, 3.05) is 19.7 Å². The zero-order chi connectivity index (χ0) is 13.9. The average molecular weight is 346 g/mol. The summed E-state index contributed by atoms with van der Waals surface area (Å²) in [6, 6.07) is 4.04. The molecular weight excluding hydrogens is 330 g/mol. The molecule has 0 aliphatic carbocycles. The molecule has 2 N–H and O–H groups in total. The molecule has 0 spiro atoms. The fourth-order valence-corrected chi connectivity index (χ4v) is 3.56. The lowest BCUT2D eigenvalue weighted by atomic mass is 10.2. The van der Waals surface area contributed by atoms with Crippen molar-refractivity contribution in [2.45, 2.75) is 12.6 Å². The molecule has 2 aromatic heterocycles. The summed E-state index contributed by atoms with van der Waals surface area (Å²) < 4.78 is 5.74. The number of ether oxygens (including phenoxy) is 1. The molecule has 1 atom stereocenters. The van der Waals surface area contributed by atoms with Crippen LogP contribution in [0.2, 0.25) is 0 Å². The van der Waals surface area contributed by atoms with Gasteiger partial charge in [-0.15, -0.1) is 35.1 Å². The second kappa shape index (κ2) is 7.33. The largest absolute Gasteiger partial charge is 0.369 e. The molecule has 0 bridgehead atoms. The summed E-state index contributed by atoms with van der Waals surface area (Å²) >= 11 is 3.08. The van der Waals surface area contributed by atoms with E-state index in [0.29, 0.717) is 31.9 Å². The van der Waals surface area contributed by atoms with Crippen molar-refractivity contribution in [3.05, 3.63) is 38.5 Å². The Kier molecular flexibility index (Phi) is 5.72. The highest BCUT2D eigenvalue weighted by atomic mass is 35.5. The predicted molar refractivity (Wildman–Crippen MR) is 86.2 cm³/mol. The number of halogens is 1. The van der Waals surface area contributed by atoms with E-state index >= 15 is 0 Å². The smallest absolute Gasteiger partial charge is 0.273 e. The number of thiophene rings is 1. The van der Waals surface area contributed by atoms with Crippen LogP contribution in [0, 0.1) is 0 Å². The van der Waals surface area contributed by atoms with E-state index in [2.05, 4.69) is 4.98 Å².